The zero-order valence-electron chi connectivity index (χ0n) is 10.5. The van der Waals surface area contributed by atoms with Crippen LogP contribution in [0.2, 0.25) is 0 Å². The number of aromatic nitrogens is 1. The number of terminal acetylenes is 1. The third-order valence-electron chi connectivity index (χ3n) is 4.11. The zero-order valence-corrected chi connectivity index (χ0v) is 10.5. The standard InChI is InChI=1S/C16H18N2/c1-2-12-8-15(11-17-10-12)14-6-5-13-4-3-7-18-16(13)9-14/h1,6,8,10-11,13,16,18H,3-5,7,9H2/t13-,16+/m0/s1. The Labute approximate surface area is 109 Å². The highest BCUT2D eigenvalue weighted by Crippen LogP contribution is 2.34. The lowest BCUT2D eigenvalue weighted by atomic mass is 9.78. The molecule has 2 aliphatic rings. The summed E-state index contributed by atoms with van der Waals surface area (Å²) in [6.07, 6.45) is 16.5. The molecular formula is C16H18N2. The van der Waals surface area contributed by atoms with E-state index < -0.39 is 0 Å². The molecule has 2 heterocycles. The minimum atomic E-state index is 0.647. The molecule has 0 unspecified atom stereocenters. The van der Waals surface area contributed by atoms with E-state index in [2.05, 4.69) is 28.4 Å². The molecule has 3 rings (SSSR count). The Morgan fingerprint density at radius 2 is 2.33 bits per heavy atom. The number of nitrogens with one attached hydrogen (secondary N) is 1. The van der Waals surface area contributed by atoms with Gasteiger partial charge in [-0.1, -0.05) is 12.0 Å². The van der Waals surface area contributed by atoms with Crippen LogP contribution in [0.15, 0.2) is 24.5 Å². The molecule has 2 nitrogen and oxygen atoms in total. The lowest BCUT2D eigenvalue weighted by Crippen LogP contribution is -2.42. The lowest BCUT2D eigenvalue weighted by Gasteiger charge is -2.36. The van der Waals surface area contributed by atoms with Gasteiger partial charge in [-0.05, 0) is 55.3 Å². The van der Waals surface area contributed by atoms with Gasteiger partial charge in [0.25, 0.3) is 0 Å². The minimum Gasteiger partial charge on any atom is -0.313 e. The van der Waals surface area contributed by atoms with Crippen molar-refractivity contribution in [3.8, 4) is 12.3 Å². The predicted molar refractivity (Wildman–Crippen MR) is 73.9 cm³/mol. The van der Waals surface area contributed by atoms with Crippen LogP contribution >= 0.6 is 0 Å². The molecule has 2 heteroatoms. The molecule has 1 aromatic heterocycles. The third-order valence-corrected chi connectivity index (χ3v) is 4.11. The van der Waals surface area contributed by atoms with Crippen LogP contribution < -0.4 is 5.32 Å². The fourth-order valence-electron chi connectivity index (χ4n) is 3.08. The van der Waals surface area contributed by atoms with Crippen LogP contribution in [-0.4, -0.2) is 17.6 Å². The van der Waals surface area contributed by atoms with E-state index in [0.717, 1.165) is 24.4 Å². The van der Waals surface area contributed by atoms with Gasteiger partial charge in [-0.2, -0.15) is 0 Å². The Morgan fingerprint density at radius 1 is 1.39 bits per heavy atom. The van der Waals surface area contributed by atoms with Crippen molar-refractivity contribution >= 4 is 5.57 Å². The van der Waals surface area contributed by atoms with Crippen LogP contribution in [0.5, 0.6) is 0 Å². The maximum atomic E-state index is 5.43. The average molecular weight is 238 g/mol. The number of fused-ring (bicyclic) bond motifs is 1. The van der Waals surface area contributed by atoms with Crippen LogP contribution in [-0.2, 0) is 0 Å². The molecule has 1 aliphatic heterocycles. The van der Waals surface area contributed by atoms with Crippen molar-refractivity contribution in [3.05, 3.63) is 35.7 Å². The van der Waals surface area contributed by atoms with Gasteiger partial charge in [-0.3, -0.25) is 4.98 Å². The minimum absolute atomic E-state index is 0.647. The number of rotatable bonds is 1. The summed E-state index contributed by atoms with van der Waals surface area (Å²) in [4.78, 5) is 4.23. The first-order valence-electron chi connectivity index (χ1n) is 6.71. The van der Waals surface area contributed by atoms with Gasteiger partial charge in [-0.15, -0.1) is 6.42 Å². The molecule has 0 aromatic carbocycles. The molecule has 2 atom stereocenters. The maximum absolute atomic E-state index is 5.43. The van der Waals surface area contributed by atoms with Crippen LogP contribution in [0.3, 0.4) is 0 Å². The molecule has 0 spiro atoms. The molecule has 1 N–H and O–H groups in total. The van der Waals surface area contributed by atoms with Crippen molar-refractivity contribution in [2.24, 2.45) is 5.92 Å². The Bertz CT molecular complexity index is 510. The first kappa shape index (κ1) is 11.5. The molecule has 0 bridgehead atoms. The summed E-state index contributed by atoms with van der Waals surface area (Å²) in [5.74, 6) is 3.48. The van der Waals surface area contributed by atoms with Crippen molar-refractivity contribution < 1.29 is 0 Å². The summed E-state index contributed by atoms with van der Waals surface area (Å²) >= 11 is 0. The van der Waals surface area contributed by atoms with Gasteiger partial charge in [0.05, 0.1) is 0 Å². The van der Waals surface area contributed by atoms with Crippen LogP contribution in [0.1, 0.15) is 36.8 Å². The summed E-state index contributed by atoms with van der Waals surface area (Å²) in [5, 5.41) is 3.65. The summed E-state index contributed by atoms with van der Waals surface area (Å²) in [5.41, 5.74) is 3.46. The van der Waals surface area contributed by atoms with Crippen molar-refractivity contribution in [2.45, 2.75) is 31.7 Å². The van der Waals surface area contributed by atoms with E-state index in [4.69, 9.17) is 6.42 Å². The van der Waals surface area contributed by atoms with Gasteiger partial charge < -0.3 is 5.32 Å². The second-order valence-electron chi connectivity index (χ2n) is 5.24. The maximum Gasteiger partial charge on any atom is 0.0432 e. The van der Waals surface area contributed by atoms with E-state index >= 15 is 0 Å². The van der Waals surface area contributed by atoms with Crippen LogP contribution in [0, 0.1) is 18.3 Å². The summed E-state index contributed by atoms with van der Waals surface area (Å²) in [7, 11) is 0. The molecule has 1 aromatic rings. The Hall–Kier alpha value is -1.59. The normalized spacial score (nSPS) is 26.9. The number of pyridine rings is 1. The molecule has 92 valence electrons. The summed E-state index contributed by atoms with van der Waals surface area (Å²) in [6, 6.07) is 2.72. The number of nitrogens with zero attached hydrogens (tertiary/aromatic N) is 1. The van der Waals surface area contributed by atoms with Crippen molar-refractivity contribution in [2.75, 3.05) is 6.54 Å². The highest BCUT2D eigenvalue weighted by molar-refractivity contribution is 5.67. The van der Waals surface area contributed by atoms with Gasteiger partial charge in [0.1, 0.15) is 0 Å². The second kappa shape index (κ2) is 4.96. The SMILES string of the molecule is C#Cc1cncc(C2=CC[C@@H]3CCCN[C@@H]3C2)c1. The quantitative estimate of drug-likeness (QED) is 0.761. The lowest BCUT2D eigenvalue weighted by molar-refractivity contribution is 0.278. The zero-order chi connectivity index (χ0) is 12.4. The fourth-order valence-corrected chi connectivity index (χ4v) is 3.08. The van der Waals surface area contributed by atoms with Crippen LogP contribution in [0.25, 0.3) is 5.57 Å². The second-order valence-corrected chi connectivity index (χ2v) is 5.24. The van der Waals surface area contributed by atoms with Gasteiger partial charge in [0.2, 0.25) is 0 Å². The Kier molecular flexibility index (Phi) is 3.17. The van der Waals surface area contributed by atoms with E-state index in [1.54, 1.807) is 6.20 Å². The molecule has 0 saturated carbocycles. The highest BCUT2D eigenvalue weighted by Gasteiger charge is 2.28. The van der Waals surface area contributed by atoms with E-state index in [-0.39, 0.29) is 0 Å². The number of hydrogen-bond acceptors (Lipinski definition) is 2. The largest absolute Gasteiger partial charge is 0.313 e. The molecule has 1 fully saturated rings. The van der Waals surface area contributed by atoms with E-state index in [1.807, 2.05) is 6.20 Å². The summed E-state index contributed by atoms with van der Waals surface area (Å²) < 4.78 is 0. The van der Waals surface area contributed by atoms with Crippen molar-refractivity contribution in [3.63, 3.8) is 0 Å². The topological polar surface area (TPSA) is 24.9 Å². The number of allylic oxidation sites excluding steroid dienone is 1. The van der Waals surface area contributed by atoms with Gasteiger partial charge in [0, 0.05) is 24.0 Å². The molecule has 1 saturated heterocycles. The van der Waals surface area contributed by atoms with Crippen molar-refractivity contribution in [1.29, 1.82) is 0 Å². The monoisotopic (exact) mass is 238 g/mol. The average Bonchev–Trinajstić information content (AvgIpc) is 2.47. The summed E-state index contributed by atoms with van der Waals surface area (Å²) in [6.45, 7) is 1.16. The van der Waals surface area contributed by atoms with Gasteiger partial charge >= 0.3 is 0 Å². The predicted octanol–water partition coefficient (Wildman–Crippen LogP) is 2.61. The molecule has 1 aliphatic carbocycles. The molecular weight excluding hydrogens is 220 g/mol. The van der Waals surface area contributed by atoms with E-state index in [1.165, 1.54) is 30.4 Å². The molecule has 0 radical (unpaired) electrons. The smallest absolute Gasteiger partial charge is 0.0432 e. The molecule has 0 amide bonds. The first-order chi connectivity index (χ1) is 8.86. The van der Waals surface area contributed by atoms with Crippen molar-refractivity contribution in [1.82, 2.24) is 10.3 Å². The van der Waals surface area contributed by atoms with Crippen LogP contribution in [0.4, 0.5) is 0 Å². The number of hydrogen-bond donors (Lipinski definition) is 1. The highest BCUT2D eigenvalue weighted by atomic mass is 14.9. The first-order valence-corrected chi connectivity index (χ1v) is 6.71. The van der Waals surface area contributed by atoms with Gasteiger partial charge in [-0.25, -0.2) is 0 Å². The Morgan fingerprint density at radius 3 is 3.22 bits per heavy atom. The molecule has 18 heavy (non-hydrogen) atoms. The van der Waals surface area contributed by atoms with E-state index in [9.17, 15) is 0 Å². The Balaban J connectivity index is 1.84. The fraction of sp³-hybridized carbons (Fsp3) is 0.438. The third kappa shape index (κ3) is 2.19. The van der Waals surface area contributed by atoms with E-state index in [0.29, 0.717) is 6.04 Å². The van der Waals surface area contributed by atoms with Gasteiger partial charge in [0.15, 0.2) is 0 Å². The number of piperidine rings is 1.